The topological polar surface area (TPSA) is 88.9 Å². The number of hydrogen-bond donors (Lipinski definition) is 2. The summed E-state index contributed by atoms with van der Waals surface area (Å²) in [6.45, 7) is 0. The third-order valence-corrected chi connectivity index (χ3v) is 3.58. The van der Waals surface area contributed by atoms with Gasteiger partial charge in [-0.15, -0.1) is 5.10 Å². The molecule has 1 saturated carbocycles. The normalized spacial score (nSPS) is 14.2. The number of halogens is 3. The van der Waals surface area contributed by atoms with Gasteiger partial charge in [-0.25, -0.2) is 4.68 Å². The smallest absolute Gasteiger partial charge is 0.326 e. The highest BCUT2D eigenvalue weighted by molar-refractivity contribution is 6.04. The van der Waals surface area contributed by atoms with Crippen molar-refractivity contribution in [1.82, 2.24) is 14.8 Å². The molecule has 1 aromatic carbocycles. The van der Waals surface area contributed by atoms with Crippen LogP contribution in [0.25, 0.3) is 0 Å². The highest BCUT2D eigenvalue weighted by Crippen LogP contribution is 2.30. The molecule has 0 spiro atoms. The van der Waals surface area contributed by atoms with Gasteiger partial charge in [0.1, 0.15) is 0 Å². The minimum absolute atomic E-state index is 0.0110. The first kappa shape index (κ1) is 16.9. The Balaban J connectivity index is 1.73. The monoisotopic (exact) mass is 353 g/mol. The first-order valence-electron chi connectivity index (χ1n) is 7.44. The predicted octanol–water partition coefficient (Wildman–Crippen LogP) is 2.43. The molecule has 2 N–H and O–H groups in total. The van der Waals surface area contributed by atoms with Gasteiger partial charge in [-0.1, -0.05) is 6.07 Å². The lowest BCUT2D eigenvalue weighted by Gasteiger charge is -2.07. The summed E-state index contributed by atoms with van der Waals surface area (Å²) in [7, 11) is 1.24. The van der Waals surface area contributed by atoms with Crippen molar-refractivity contribution >= 4 is 23.5 Å². The van der Waals surface area contributed by atoms with Crippen molar-refractivity contribution < 1.29 is 22.8 Å². The number of amides is 2. The predicted molar refractivity (Wildman–Crippen MR) is 81.8 cm³/mol. The lowest BCUT2D eigenvalue weighted by Crippen LogP contribution is -2.17. The number of nitrogens with zero attached hydrogens (tertiary/aromatic N) is 3. The molecule has 132 valence electrons. The molecule has 0 saturated heterocycles. The molecule has 1 aromatic heterocycles. The van der Waals surface area contributed by atoms with E-state index in [2.05, 4.69) is 20.7 Å². The average Bonchev–Trinajstić information content (AvgIpc) is 3.32. The van der Waals surface area contributed by atoms with E-state index in [4.69, 9.17) is 0 Å². The maximum Gasteiger partial charge on any atom is 0.453 e. The summed E-state index contributed by atoms with van der Waals surface area (Å²) < 4.78 is 38.6. The van der Waals surface area contributed by atoms with Crippen molar-refractivity contribution in [2.24, 2.45) is 13.0 Å². The number of anilines is 2. The van der Waals surface area contributed by atoms with Gasteiger partial charge in [0.15, 0.2) is 0 Å². The molecule has 0 unspecified atom stereocenters. The van der Waals surface area contributed by atoms with Crippen LogP contribution in [0.1, 0.15) is 29.0 Å². The van der Waals surface area contributed by atoms with Gasteiger partial charge in [0.25, 0.3) is 11.7 Å². The maximum absolute atomic E-state index is 12.6. The molecule has 1 heterocycles. The van der Waals surface area contributed by atoms with E-state index < -0.39 is 17.9 Å². The van der Waals surface area contributed by atoms with Gasteiger partial charge in [0.05, 0.1) is 0 Å². The van der Waals surface area contributed by atoms with Crippen LogP contribution in [0.5, 0.6) is 0 Å². The molecule has 1 fully saturated rings. The number of hydrogen-bond acceptors (Lipinski definition) is 4. The molecule has 0 atom stereocenters. The quantitative estimate of drug-likeness (QED) is 0.884. The van der Waals surface area contributed by atoms with Crippen LogP contribution in [0, 0.1) is 5.92 Å². The Labute approximate surface area is 140 Å². The summed E-state index contributed by atoms with van der Waals surface area (Å²) in [6.07, 6.45) is -3.01. The van der Waals surface area contributed by atoms with Crippen LogP contribution < -0.4 is 10.6 Å². The first-order chi connectivity index (χ1) is 11.7. The fourth-order valence-corrected chi connectivity index (χ4v) is 2.12. The van der Waals surface area contributed by atoms with E-state index in [0.717, 1.165) is 17.5 Å². The van der Waals surface area contributed by atoms with Crippen LogP contribution in [0.2, 0.25) is 0 Å². The Bertz CT molecular complexity index is 827. The number of nitrogens with one attached hydrogen (secondary N) is 2. The van der Waals surface area contributed by atoms with E-state index in [1.165, 1.54) is 19.2 Å². The Morgan fingerprint density at radius 2 is 1.96 bits per heavy atom. The highest BCUT2D eigenvalue weighted by Gasteiger charge is 2.37. The molecule has 3 rings (SSSR count). The SMILES string of the molecule is Cn1nc(C(F)(F)F)nc1NC(=O)c1cccc(NC(=O)C2CC2)c1. The fraction of sp³-hybridized carbons (Fsp3) is 0.333. The fourth-order valence-electron chi connectivity index (χ4n) is 2.12. The van der Waals surface area contributed by atoms with Crippen LogP contribution in [-0.4, -0.2) is 26.6 Å². The molecule has 0 aliphatic heterocycles. The molecule has 0 radical (unpaired) electrons. The van der Waals surface area contributed by atoms with E-state index in [9.17, 15) is 22.8 Å². The van der Waals surface area contributed by atoms with Crippen LogP contribution in [0.4, 0.5) is 24.8 Å². The summed E-state index contributed by atoms with van der Waals surface area (Å²) in [5.41, 5.74) is 0.614. The van der Waals surface area contributed by atoms with E-state index in [-0.39, 0.29) is 23.3 Å². The van der Waals surface area contributed by atoms with Crippen LogP contribution in [-0.2, 0) is 18.0 Å². The Morgan fingerprint density at radius 1 is 1.24 bits per heavy atom. The second-order valence-corrected chi connectivity index (χ2v) is 5.68. The lowest BCUT2D eigenvalue weighted by atomic mass is 10.2. The molecule has 0 bridgehead atoms. The number of carbonyl (C=O) groups excluding carboxylic acids is 2. The molecule has 7 nitrogen and oxygen atoms in total. The van der Waals surface area contributed by atoms with Crippen molar-refractivity contribution in [2.45, 2.75) is 19.0 Å². The molecule has 2 amide bonds. The third-order valence-electron chi connectivity index (χ3n) is 3.58. The van der Waals surface area contributed by atoms with E-state index in [1.54, 1.807) is 12.1 Å². The Hall–Kier alpha value is -2.91. The van der Waals surface area contributed by atoms with Crippen molar-refractivity contribution in [3.8, 4) is 0 Å². The summed E-state index contributed by atoms with van der Waals surface area (Å²) in [5.74, 6) is -2.43. The van der Waals surface area contributed by atoms with Crippen molar-refractivity contribution in [3.05, 3.63) is 35.7 Å². The van der Waals surface area contributed by atoms with E-state index in [1.807, 2.05) is 0 Å². The molecular weight excluding hydrogens is 339 g/mol. The van der Waals surface area contributed by atoms with Gasteiger partial charge >= 0.3 is 6.18 Å². The zero-order chi connectivity index (χ0) is 18.2. The molecule has 1 aliphatic carbocycles. The number of benzene rings is 1. The van der Waals surface area contributed by atoms with Gasteiger partial charge in [0, 0.05) is 24.2 Å². The van der Waals surface area contributed by atoms with Crippen molar-refractivity contribution in [1.29, 1.82) is 0 Å². The van der Waals surface area contributed by atoms with Crippen molar-refractivity contribution in [2.75, 3.05) is 10.6 Å². The number of aryl methyl sites for hydroxylation is 1. The molecule has 25 heavy (non-hydrogen) atoms. The summed E-state index contributed by atoms with van der Waals surface area (Å²) in [5, 5.41) is 8.19. The van der Waals surface area contributed by atoms with Crippen LogP contribution in [0.15, 0.2) is 24.3 Å². The van der Waals surface area contributed by atoms with Gasteiger partial charge in [-0.3, -0.25) is 14.9 Å². The number of rotatable bonds is 4. The lowest BCUT2D eigenvalue weighted by molar-refractivity contribution is -0.144. The molecule has 2 aromatic rings. The molecule has 1 aliphatic rings. The standard InChI is InChI=1S/C15H14F3N5O2/c1-23-14(21-13(22-23)15(16,17)18)20-12(25)9-3-2-4-10(7-9)19-11(24)8-5-6-8/h2-4,7-8H,5-6H2,1H3,(H,19,24)(H,20,21,22,25). The maximum atomic E-state index is 12.6. The van der Waals surface area contributed by atoms with E-state index >= 15 is 0 Å². The number of aromatic nitrogens is 3. The zero-order valence-electron chi connectivity index (χ0n) is 13.1. The van der Waals surface area contributed by atoms with Gasteiger partial charge in [-0.05, 0) is 31.0 Å². The van der Waals surface area contributed by atoms with Gasteiger partial charge < -0.3 is 5.32 Å². The van der Waals surface area contributed by atoms with Crippen LogP contribution >= 0.6 is 0 Å². The third kappa shape index (κ3) is 3.95. The second kappa shape index (κ2) is 6.19. The van der Waals surface area contributed by atoms with Gasteiger partial charge in [0.2, 0.25) is 11.9 Å². The summed E-state index contributed by atoms with van der Waals surface area (Å²) in [4.78, 5) is 27.2. The largest absolute Gasteiger partial charge is 0.453 e. The van der Waals surface area contributed by atoms with Gasteiger partial charge in [-0.2, -0.15) is 18.2 Å². The number of carbonyl (C=O) groups is 2. The summed E-state index contributed by atoms with van der Waals surface area (Å²) in [6, 6.07) is 6.11. The average molecular weight is 353 g/mol. The van der Waals surface area contributed by atoms with E-state index in [0.29, 0.717) is 5.69 Å². The Morgan fingerprint density at radius 3 is 2.56 bits per heavy atom. The molecule has 10 heteroatoms. The number of alkyl halides is 3. The Kier molecular flexibility index (Phi) is 4.19. The first-order valence-corrected chi connectivity index (χ1v) is 7.44. The van der Waals surface area contributed by atoms with Crippen molar-refractivity contribution in [3.63, 3.8) is 0 Å². The highest BCUT2D eigenvalue weighted by atomic mass is 19.4. The minimum atomic E-state index is -4.70. The second-order valence-electron chi connectivity index (χ2n) is 5.68. The minimum Gasteiger partial charge on any atom is -0.326 e. The van der Waals surface area contributed by atoms with Crippen LogP contribution in [0.3, 0.4) is 0 Å². The zero-order valence-corrected chi connectivity index (χ0v) is 13.1. The molecular formula is C15H14F3N5O2. The summed E-state index contributed by atoms with van der Waals surface area (Å²) >= 11 is 0.